The molecule has 4 rings (SSSR count). The van der Waals surface area contributed by atoms with Crippen LogP contribution in [0, 0.1) is 0 Å². The van der Waals surface area contributed by atoms with Gasteiger partial charge in [-0.05, 0) is 37.8 Å². The summed E-state index contributed by atoms with van der Waals surface area (Å²) in [6.45, 7) is 1.66. The van der Waals surface area contributed by atoms with E-state index in [2.05, 4.69) is 6.07 Å². The van der Waals surface area contributed by atoms with E-state index < -0.39 is 0 Å². The Morgan fingerprint density at radius 2 is 2.23 bits per heavy atom. The van der Waals surface area contributed by atoms with Crippen molar-refractivity contribution < 1.29 is 9.53 Å². The van der Waals surface area contributed by atoms with Crippen LogP contribution >= 0.6 is 11.3 Å². The topological polar surface area (TPSA) is 42.4 Å². The molecule has 2 aromatic rings. The minimum Gasteiger partial charge on any atom is -0.378 e. The maximum absolute atomic E-state index is 12.6. The summed E-state index contributed by atoms with van der Waals surface area (Å²) in [4.78, 5) is 19.4. The number of fused-ring (bicyclic) bond motifs is 1. The highest BCUT2D eigenvalue weighted by Crippen LogP contribution is 2.37. The fraction of sp³-hybridized carbons (Fsp3) is 0.529. The molecule has 0 spiro atoms. The molecule has 0 N–H and O–H groups in total. The Kier molecular flexibility index (Phi) is 3.84. The number of carbonyl (C=O) groups excluding carboxylic acids is 1. The Labute approximate surface area is 134 Å². The molecule has 2 aliphatic heterocycles. The number of ether oxygens (including phenoxy) is 1. The summed E-state index contributed by atoms with van der Waals surface area (Å²) >= 11 is 1.72. The number of thiazole rings is 1. The number of rotatable bonds is 3. The van der Waals surface area contributed by atoms with Gasteiger partial charge in [0.25, 0.3) is 0 Å². The average Bonchev–Trinajstić information content (AvgIpc) is 3.26. The number of carbonyl (C=O) groups is 1. The number of para-hydroxylation sites is 1. The summed E-state index contributed by atoms with van der Waals surface area (Å²) in [5.74, 6) is 0.230. The normalized spacial score (nSPS) is 25.2. The van der Waals surface area contributed by atoms with Gasteiger partial charge in [-0.15, -0.1) is 11.3 Å². The molecule has 4 nitrogen and oxygen atoms in total. The molecule has 0 saturated carbocycles. The van der Waals surface area contributed by atoms with Gasteiger partial charge >= 0.3 is 0 Å². The quantitative estimate of drug-likeness (QED) is 0.870. The average molecular weight is 316 g/mol. The molecule has 2 atom stereocenters. The summed E-state index contributed by atoms with van der Waals surface area (Å²) in [7, 11) is 0. The fourth-order valence-electron chi connectivity index (χ4n) is 3.47. The SMILES string of the molecule is O=C(C[C@H]1CCCO1)N1CCC[C@H]1c1nc2ccccc2s1. The van der Waals surface area contributed by atoms with Gasteiger partial charge in [0.05, 0.1) is 28.8 Å². The highest BCUT2D eigenvalue weighted by Gasteiger charge is 2.33. The molecule has 0 aliphatic carbocycles. The van der Waals surface area contributed by atoms with Gasteiger partial charge < -0.3 is 9.64 Å². The molecule has 0 bridgehead atoms. The summed E-state index contributed by atoms with van der Waals surface area (Å²) in [5.41, 5.74) is 1.04. The molecule has 1 aromatic carbocycles. The third-order valence-corrected chi connectivity index (χ3v) is 5.73. The summed E-state index contributed by atoms with van der Waals surface area (Å²) < 4.78 is 6.82. The molecule has 1 amide bonds. The minimum atomic E-state index is 0.129. The van der Waals surface area contributed by atoms with Crippen LogP contribution in [0.2, 0.25) is 0 Å². The van der Waals surface area contributed by atoms with Gasteiger partial charge in [-0.2, -0.15) is 0 Å². The predicted octanol–water partition coefficient (Wildman–Crippen LogP) is 3.53. The molecular formula is C17H20N2O2S. The fourth-order valence-corrected chi connectivity index (χ4v) is 4.59. The lowest BCUT2D eigenvalue weighted by molar-refractivity contribution is -0.134. The number of likely N-dealkylation sites (tertiary alicyclic amines) is 1. The Hall–Kier alpha value is -1.46. The molecule has 0 radical (unpaired) electrons. The lowest BCUT2D eigenvalue weighted by Crippen LogP contribution is -2.32. The van der Waals surface area contributed by atoms with Crippen molar-refractivity contribution in [2.24, 2.45) is 0 Å². The van der Waals surface area contributed by atoms with Crippen LogP contribution in [0.15, 0.2) is 24.3 Å². The maximum atomic E-state index is 12.6. The van der Waals surface area contributed by atoms with Crippen molar-refractivity contribution in [3.63, 3.8) is 0 Å². The maximum Gasteiger partial charge on any atom is 0.225 e. The number of hydrogen-bond acceptors (Lipinski definition) is 4. The van der Waals surface area contributed by atoms with Crippen molar-refractivity contribution in [2.45, 2.75) is 44.2 Å². The Morgan fingerprint density at radius 3 is 3.05 bits per heavy atom. The van der Waals surface area contributed by atoms with Crippen molar-refractivity contribution in [1.29, 1.82) is 0 Å². The van der Waals surface area contributed by atoms with E-state index >= 15 is 0 Å². The van der Waals surface area contributed by atoms with E-state index in [1.165, 1.54) is 4.70 Å². The molecule has 2 fully saturated rings. The van der Waals surface area contributed by atoms with Gasteiger partial charge in [-0.25, -0.2) is 4.98 Å². The number of nitrogens with zero attached hydrogens (tertiary/aromatic N) is 2. The Bertz CT molecular complexity index is 645. The molecule has 116 valence electrons. The number of benzene rings is 1. The van der Waals surface area contributed by atoms with Crippen LogP contribution in [-0.2, 0) is 9.53 Å². The van der Waals surface area contributed by atoms with E-state index in [0.29, 0.717) is 6.42 Å². The van der Waals surface area contributed by atoms with Crippen molar-refractivity contribution in [3.8, 4) is 0 Å². The van der Waals surface area contributed by atoms with Gasteiger partial charge in [0.15, 0.2) is 0 Å². The first kappa shape index (κ1) is 14.2. The van der Waals surface area contributed by atoms with Crippen LogP contribution in [0.5, 0.6) is 0 Å². The van der Waals surface area contributed by atoms with Gasteiger partial charge in [0.1, 0.15) is 5.01 Å². The smallest absolute Gasteiger partial charge is 0.225 e. The van der Waals surface area contributed by atoms with Crippen molar-refractivity contribution in [2.75, 3.05) is 13.2 Å². The second-order valence-electron chi connectivity index (χ2n) is 6.10. The van der Waals surface area contributed by atoms with Crippen LogP contribution in [0.4, 0.5) is 0 Å². The van der Waals surface area contributed by atoms with Crippen molar-refractivity contribution in [1.82, 2.24) is 9.88 Å². The molecule has 22 heavy (non-hydrogen) atoms. The molecular weight excluding hydrogens is 296 g/mol. The molecule has 5 heteroatoms. The number of aromatic nitrogens is 1. The zero-order valence-corrected chi connectivity index (χ0v) is 13.3. The number of hydrogen-bond donors (Lipinski definition) is 0. The Balaban J connectivity index is 1.53. The number of amides is 1. The van der Waals surface area contributed by atoms with Crippen molar-refractivity contribution in [3.05, 3.63) is 29.3 Å². The first-order chi connectivity index (χ1) is 10.8. The third kappa shape index (κ3) is 2.63. The zero-order valence-electron chi connectivity index (χ0n) is 12.5. The van der Waals surface area contributed by atoms with Gasteiger partial charge in [0, 0.05) is 13.2 Å². The minimum absolute atomic E-state index is 0.129. The highest BCUT2D eigenvalue weighted by molar-refractivity contribution is 7.18. The molecule has 2 aliphatic rings. The standard InChI is InChI=1S/C17H20N2O2S/c20-16(11-12-5-4-10-21-12)19-9-3-7-14(19)17-18-13-6-1-2-8-15(13)22-17/h1-2,6,8,12,14H,3-5,7,9-11H2/t12-,14+/m1/s1. The van der Waals surface area contributed by atoms with Gasteiger partial charge in [-0.1, -0.05) is 12.1 Å². The zero-order chi connectivity index (χ0) is 14.9. The van der Waals surface area contributed by atoms with E-state index in [4.69, 9.17) is 9.72 Å². The summed E-state index contributed by atoms with van der Waals surface area (Å²) in [5, 5.41) is 1.08. The lowest BCUT2D eigenvalue weighted by atomic mass is 10.1. The van der Waals surface area contributed by atoms with Crippen LogP contribution in [-0.4, -0.2) is 35.0 Å². The summed E-state index contributed by atoms with van der Waals surface area (Å²) in [6, 6.07) is 8.36. The second kappa shape index (κ2) is 5.97. The van der Waals surface area contributed by atoms with Crippen LogP contribution in [0.25, 0.3) is 10.2 Å². The molecule has 1 aromatic heterocycles. The van der Waals surface area contributed by atoms with Gasteiger partial charge in [-0.3, -0.25) is 4.79 Å². The monoisotopic (exact) mass is 316 g/mol. The second-order valence-corrected chi connectivity index (χ2v) is 7.17. The van der Waals surface area contributed by atoms with Gasteiger partial charge in [0.2, 0.25) is 5.91 Å². The predicted molar refractivity (Wildman–Crippen MR) is 86.9 cm³/mol. The van der Waals surface area contributed by atoms with E-state index in [0.717, 1.165) is 49.4 Å². The Morgan fingerprint density at radius 1 is 1.32 bits per heavy atom. The first-order valence-corrected chi connectivity index (χ1v) is 8.89. The van der Waals surface area contributed by atoms with E-state index in [9.17, 15) is 4.79 Å². The van der Waals surface area contributed by atoms with Crippen molar-refractivity contribution >= 4 is 27.5 Å². The lowest BCUT2D eigenvalue weighted by Gasteiger charge is -2.24. The van der Waals surface area contributed by atoms with Crippen LogP contribution in [0.1, 0.15) is 43.2 Å². The largest absolute Gasteiger partial charge is 0.378 e. The molecule has 2 saturated heterocycles. The van der Waals surface area contributed by atoms with E-state index in [1.54, 1.807) is 11.3 Å². The van der Waals surface area contributed by atoms with E-state index in [-0.39, 0.29) is 18.1 Å². The van der Waals surface area contributed by atoms with Crippen LogP contribution in [0.3, 0.4) is 0 Å². The third-order valence-electron chi connectivity index (χ3n) is 4.59. The molecule has 0 unspecified atom stereocenters. The summed E-state index contributed by atoms with van der Waals surface area (Å²) in [6.07, 6.45) is 4.85. The molecule has 3 heterocycles. The van der Waals surface area contributed by atoms with Crippen LogP contribution < -0.4 is 0 Å². The first-order valence-electron chi connectivity index (χ1n) is 8.08. The van der Waals surface area contributed by atoms with E-state index in [1.807, 2.05) is 23.1 Å². The highest BCUT2D eigenvalue weighted by atomic mass is 32.1.